The Hall–Kier alpha value is 0.487. The molecule has 0 aromatic heterocycles. The molecule has 0 radical (unpaired) electrons. The molecule has 0 saturated heterocycles. The van der Waals surface area contributed by atoms with Gasteiger partial charge in [-0.15, -0.1) is 0 Å². The van der Waals surface area contributed by atoms with Crippen LogP contribution in [0.3, 0.4) is 0 Å². The Labute approximate surface area is 83.8 Å². The lowest BCUT2D eigenvalue weighted by Gasteiger charge is -2.34. The smallest absolute Gasteiger partial charge is 0.152 e. The lowest BCUT2D eigenvalue weighted by molar-refractivity contribution is -0.172. The van der Waals surface area contributed by atoms with E-state index in [0.717, 1.165) is 16.7 Å². The van der Waals surface area contributed by atoms with E-state index in [0.29, 0.717) is 13.2 Å². The molecule has 0 aliphatic rings. The Morgan fingerprint density at radius 1 is 1.25 bits per heavy atom. The number of ether oxygens (including phenoxy) is 2. The molecule has 2 nitrogen and oxygen atoms in total. The van der Waals surface area contributed by atoms with Crippen LogP contribution in [0.4, 0.5) is 0 Å². The average Bonchev–Trinajstić information content (AvgIpc) is 2.04. The molecule has 0 spiro atoms. The molecular weight excluding hydrogens is 188 g/mol. The molecule has 0 rings (SSSR count). The van der Waals surface area contributed by atoms with Crippen LogP contribution in [0.5, 0.6) is 0 Å². The van der Waals surface area contributed by atoms with E-state index in [9.17, 15) is 0 Å². The normalized spacial score (nSPS) is 15.0. The van der Waals surface area contributed by atoms with Crippen LogP contribution >= 0.6 is 12.6 Å². The molecule has 0 aliphatic carbocycles. The molecule has 0 bridgehead atoms. The monoisotopic (exact) mass is 208 g/mol. The molecule has 0 aromatic rings. The summed E-state index contributed by atoms with van der Waals surface area (Å²) in [6, 6.07) is 0. The minimum absolute atomic E-state index is 0.198. The second kappa shape index (κ2) is 6.02. The van der Waals surface area contributed by atoms with E-state index < -0.39 is 0 Å². The Balaban J connectivity index is 4.15. The van der Waals surface area contributed by atoms with Gasteiger partial charge in [-0.3, -0.25) is 0 Å². The molecule has 4 heteroatoms. The maximum absolute atomic E-state index is 5.59. The fourth-order valence-corrected chi connectivity index (χ4v) is 2.31. The quantitative estimate of drug-likeness (QED) is 0.395. The van der Waals surface area contributed by atoms with E-state index in [4.69, 9.17) is 9.47 Å². The summed E-state index contributed by atoms with van der Waals surface area (Å²) in [6.07, 6.45) is 0.979. The first-order valence-electron chi connectivity index (χ1n) is 4.56. The predicted molar refractivity (Wildman–Crippen MR) is 59.0 cm³/mol. The third kappa shape index (κ3) is 3.47. The highest BCUT2D eigenvalue weighted by Crippen LogP contribution is 2.21. The van der Waals surface area contributed by atoms with Gasteiger partial charge in [0, 0.05) is 13.2 Å². The summed E-state index contributed by atoms with van der Waals surface area (Å²) >= 11 is 4.46. The third-order valence-electron chi connectivity index (χ3n) is 1.85. The lowest BCUT2D eigenvalue weighted by atomic mass is 10.3. The van der Waals surface area contributed by atoms with Gasteiger partial charge in [0.15, 0.2) is 5.41 Å². The van der Waals surface area contributed by atoms with Crippen molar-refractivity contribution in [3.05, 3.63) is 0 Å². The summed E-state index contributed by atoms with van der Waals surface area (Å²) in [4.78, 5) is 0. The molecule has 12 heavy (non-hydrogen) atoms. The fourth-order valence-electron chi connectivity index (χ4n) is 1.18. The SMILES string of the molecule is CCOC([SiH3])(OCC)C(S)CC. The van der Waals surface area contributed by atoms with Crippen molar-refractivity contribution in [1.82, 2.24) is 0 Å². The van der Waals surface area contributed by atoms with Crippen molar-refractivity contribution in [2.24, 2.45) is 0 Å². The number of hydrogen-bond acceptors (Lipinski definition) is 3. The van der Waals surface area contributed by atoms with Crippen LogP contribution in [0.15, 0.2) is 0 Å². The van der Waals surface area contributed by atoms with Gasteiger partial charge in [-0.2, -0.15) is 12.6 Å². The Morgan fingerprint density at radius 2 is 1.67 bits per heavy atom. The zero-order chi connectivity index (χ0) is 9.61. The topological polar surface area (TPSA) is 18.5 Å². The van der Waals surface area contributed by atoms with Crippen molar-refractivity contribution in [3.8, 4) is 0 Å². The first-order valence-corrected chi connectivity index (χ1v) is 6.08. The van der Waals surface area contributed by atoms with Crippen molar-refractivity contribution < 1.29 is 9.47 Å². The van der Waals surface area contributed by atoms with Crippen LogP contribution in [0.25, 0.3) is 0 Å². The van der Waals surface area contributed by atoms with Crippen LogP contribution in [0.1, 0.15) is 27.2 Å². The molecule has 0 aliphatic heterocycles. The van der Waals surface area contributed by atoms with Gasteiger partial charge in [0.2, 0.25) is 0 Å². The van der Waals surface area contributed by atoms with Crippen molar-refractivity contribution in [2.75, 3.05) is 13.2 Å². The van der Waals surface area contributed by atoms with Gasteiger partial charge < -0.3 is 9.47 Å². The maximum atomic E-state index is 5.59. The van der Waals surface area contributed by atoms with Gasteiger partial charge in [-0.25, -0.2) is 0 Å². The van der Waals surface area contributed by atoms with Crippen molar-refractivity contribution in [2.45, 2.75) is 37.9 Å². The third-order valence-corrected chi connectivity index (χ3v) is 4.45. The number of hydrogen-bond donors (Lipinski definition) is 1. The van der Waals surface area contributed by atoms with Crippen LogP contribution in [0.2, 0.25) is 0 Å². The maximum Gasteiger partial charge on any atom is 0.152 e. The van der Waals surface area contributed by atoms with Gasteiger partial charge >= 0.3 is 0 Å². The van der Waals surface area contributed by atoms with Crippen molar-refractivity contribution in [1.29, 1.82) is 0 Å². The summed E-state index contributed by atoms with van der Waals surface area (Å²) in [7, 11) is 0.860. The highest BCUT2D eigenvalue weighted by Gasteiger charge is 2.31. The Kier molecular flexibility index (Phi) is 6.26. The molecule has 0 heterocycles. The molecule has 0 aromatic carbocycles. The van der Waals surface area contributed by atoms with Crippen molar-refractivity contribution >= 4 is 22.9 Å². The second-order valence-electron chi connectivity index (χ2n) is 2.81. The standard InChI is InChI=1S/C8H20O2SSi/c1-4-7(11)8(12,9-5-2)10-6-3/h7,11H,4-6H2,1-3,12H3. The van der Waals surface area contributed by atoms with E-state index in [-0.39, 0.29) is 10.7 Å². The molecule has 0 N–H and O–H groups in total. The molecule has 0 fully saturated rings. The minimum Gasteiger partial charge on any atom is -0.354 e. The van der Waals surface area contributed by atoms with Gasteiger partial charge in [0.25, 0.3) is 0 Å². The summed E-state index contributed by atoms with van der Waals surface area (Å²) in [6.45, 7) is 7.47. The van der Waals surface area contributed by atoms with Crippen LogP contribution in [0, 0.1) is 0 Å². The molecule has 0 saturated carbocycles. The van der Waals surface area contributed by atoms with E-state index in [1.54, 1.807) is 0 Å². The van der Waals surface area contributed by atoms with Crippen LogP contribution < -0.4 is 0 Å². The summed E-state index contributed by atoms with van der Waals surface area (Å²) < 4.78 is 11.2. The molecule has 74 valence electrons. The van der Waals surface area contributed by atoms with E-state index in [2.05, 4.69) is 19.6 Å². The number of rotatable bonds is 6. The highest BCUT2D eigenvalue weighted by molar-refractivity contribution is 7.81. The summed E-state index contributed by atoms with van der Waals surface area (Å²) in [5.41, 5.74) is -0.388. The van der Waals surface area contributed by atoms with Crippen LogP contribution in [-0.4, -0.2) is 34.1 Å². The second-order valence-corrected chi connectivity index (χ2v) is 4.82. The Bertz CT molecular complexity index is 116. The minimum atomic E-state index is -0.388. The van der Waals surface area contributed by atoms with Crippen LogP contribution in [-0.2, 0) is 9.47 Å². The van der Waals surface area contributed by atoms with E-state index >= 15 is 0 Å². The fraction of sp³-hybridized carbons (Fsp3) is 1.00. The zero-order valence-corrected chi connectivity index (χ0v) is 11.4. The molecular formula is C8H20O2SSi. The molecule has 1 unspecified atom stereocenters. The summed E-state index contributed by atoms with van der Waals surface area (Å²) in [5, 5.41) is 0.198. The Morgan fingerprint density at radius 3 is 1.92 bits per heavy atom. The average molecular weight is 208 g/mol. The zero-order valence-electron chi connectivity index (χ0n) is 8.46. The first kappa shape index (κ1) is 12.5. The highest BCUT2D eigenvalue weighted by atomic mass is 32.1. The lowest BCUT2D eigenvalue weighted by Crippen LogP contribution is -2.45. The van der Waals surface area contributed by atoms with Gasteiger partial charge in [-0.1, -0.05) is 6.92 Å². The largest absolute Gasteiger partial charge is 0.354 e. The molecule has 1 atom stereocenters. The van der Waals surface area contributed by atoms with Gasteiger partial charge in [0.05, 0.1) is 15.5 Å². The van der Waals surface area contributed by atoms with Gasteiger partial charge in [0.1, 0.15) is 0 Å². The number of thiol groups is 1. The summed E-state index contributed by atoms with van der Waals surface area (Å²) in [5.74, 6) is 0. The van der Waals surface area contributed by atoms with E-state index in [1.807, 2.05) is 13.8 Å². The predicted octanol–water partition coefficient (Wildman–Crippen LogP) is 0.787. The van der Waals surface area contributed by atoms with Crippen molar-refractivity contribution in [3.63, 3.8) is 0 Å². The first-order chi connectivity index (χ1) is 5.60. The van der Waals surface area contributed by atoms with Gasteiger partial charge in [-0.05, 0) is 20.3 Å². The molecule has 0 amide bonds. The van der Waals surface area contributed by atoms with E-state index in [1.165, 1.54) is 0 Å².